The van der Waals surface area contributed by atoms with Gasteiger partial charge in [-0.1, -0.05) is 299 Å². The smallest absolute Gasteiger partial charge is 0.220 e. The zero-order valence-electron chi connectivity index (χ0n) is 57.8. The Kier molecular flexibility index (Phi) is 56.7. The molecule has 2 aliphatic rings. The minimum absolute atomic E-state index is 0.250. The Morgan fingerprint density at radius 2 is 0.736 bits per heavy atom. The number of aliphatic hydroxyl groups excluding tert-OH is 8. The molecule has 0 bridgehead atoms. The predicted molar refractivity (Wildman–Crippen MR) is 373 cm³/mol. The van der Waals surface area contributed by atoms with Gasteiger partial charge >= 0.3 is 0 Å². The molecule has 14 nitrogen and oxygen atoms in total. The van der Waals surface area contributed by atoms with Crippen molar-refractivity contribution in [3.8, 4) is 0 Å². The first-order valence-electron chi connectivity index (χ1n) is 37.7. The molecule has 530 valence electrons. The fourth-order valence-corrected chi connectivity index (χ4v) is 12.1. The molecule has 2 saturated heterocycles. The number of carbonyl (C=O) groups is 1. The fraction of sp³-hybridized carbons (Fsp3) is 0.831. The van der Waals surface area contributed by atoms with Crippen LogP contribution in [0.3, 0.4) is 0 Å². The van der Waals surface area contributed by atoms with Crippen molar-refractivity contribution in [1.29, 1.82) is 0 Å². The van der Waals surface area contributed by atoms with Gasteiger partial charge in [-0.05, 0) is 83.5 Å². The van der Waals surface area contributed by atoms with Gasteiger partial charge in [-0.15, -0.1) is 0 Å². The summed E-state index contributed by atoms with van der Waals surface area (Å²) in [5.41, 5.74) is 0. The molecule has 0 aromatic rings. The molecule has 91 heavy (non-hydrogen) atoms. The Morgan fingerprint density at radius 1 is 0.396 bits per heavy atom. The van der Waals surface area contributed by atoms with E-state index in [1.807, 2.05) is 6.08 Å². The van der Waals surface area contributed by atoms with E-state index < -0.39 is 86.8 Å². The van der Waals surface area contributed by atoms with Crippen LogP contribution >= 0.6 is 0 Å². The Bertz CT molecular complexity index is 1800. The number of amides is 1. The Hall–Kier alpha value is -2.57. The van der Waals surface area contributed by atoms with Crippen LogP contribution in [0.15, 0.2) is 72.9 Å². The molecule has 12 unspecified atom stereocenters. The summed E-state index contributed by atoms with van der Waals surface area (Å²) < 4.78 is 22.8. The zero-order chi connectivity index (χ0) is 65.9. The molecule has 0 spiro atoms. The number of hydrogen-bond acceptors (Lipinski definition) is 13. The number of ether oxygens (including phenoxy) is 4. The van der Waals surface area contributed by atoms with Gasteiger partial charge in [0.15, 0.2) is 12.6 Å². The molecule has 2 rings (SSSR count). The lowest BCUT2D eigenvalue weighted by molar-refractivity contribution is -0.359. The lowest BCUT2D eigenvalue weighted by atomic mass is 9.97. The highest BCUT2D eigenvalue weighted by Gasteiger charge is 2.51. The molecule has 1 amide bonds. The van der Waals surface area contributed by atoms with E-state index in [1.165, 1.54) is 225 Å². The third-order valence-electron chi connectivity index (χ3n) is 18.1. The molecule has 0 aromatic carbocycles. The highest BCUT2D eigenvalue weighted by Crippen LogP contribution is 2.30. The lowest BCUT2D eigenvalue weighted by Gasteiger charge is -2.46. The van der Waals surface area contributed by atoms with E-state index in [0.717, 1.165) is 57.8 Å². The second-order valence-corrected chi connectivity index (χ2v) is 26.4. The number of allylic oxidation sites excluding steroid dienone is 11. The van der Waals surface area contributed by atoms with E-state index in [0.29, 0.717) is 12.8 Å². The highest BCUT2D eigenvalue weighted by atomic mass is 16.7. The molecule has 0 aliphatic carbocycles. The number of hydrogen-bond donors (Lipinski definition) is 9. The molecular formula is C77H139NO13. The maximum atomic E-state index is 13.3. The molecule has 2 fully saturated rings. The number of rotatable bonds is 62. The van der Waals surface area contributed by atoms with Crippen LogP contribution in [0.4, 0.5) is 0 Å². The van der Waals surface area contributed by atoms with Crippen molar-refractivity contribution in [3.63, 3.8) is 0 Å². The molecule has 9 N–H and O–H groups in total. The predicted octanol–water partition coefficient (Wildman–Crippen LogP) is 16.2. The summed E-state index contributed by atoms with van der Waals surface area (Å²) in [7, 11) is 0. The van der Waals surface area contributed by atoms with Crippen molar-refractivity contribution in [3.05, 3.63) is 72.9 Å². The number of unbranched alkanes of at least 4 members (excludes halogenated alkanes) is 39. The molecule has 0 radical (unpaired) electrons. The number of nitrogens with one attached hydrogen (secondary N) is 1. The first kappa shape index (κ1) is 84.5. The van der Waals surface area contributed by atoms with Gasteiger partial charge in [-0.25, -0.2) is 0 Å². The van der Waals surface area contributed by atoms with E-state index in [4.69, 9.17) is 18.9 Å². The molecule has 12 atom stereocenters. The Morgan fingerprint density at radius 3 is 1.15 bits per heavy atom. The van der Waals surface area contributed by atoms with Crippen LogP contribution < -0.4 is 5.32 Å². The third kappa shape index (κ3) is 44.7. The van der Waals surface area contributed by atoms with Gasteiger partial charge in [0, 0.05) is 6.42 Å². The van der Waals surface area contributed by atoms with E-state index in [1.54, 1.807) is 6.08 Å². The minimum atomic E-state index is -1.79. The molecular weight excluding hydrogens is 1150 g/mol. The van der Waals surface area contributed by atoms with Gasteiger partial charge in [0.25, 0.3) is 0 Å². The lowest BCUT2D eigenvalue weighted by Crippen LogP contribution is -2.65. The quantitative estimate of drug-likeness (QED) is 0.0204. The highest BCUT2D eigenvalue weighted by molar-refractivity contribution is 5.76. The number of aliphatic hydroxyl groups is 8. The molecule has 2 aliphatic heterocycles. The SMILES string of the molecule is CCCCCCC/C=C\C/C=C\C/C=C\CCCCCCCCCCCCCCCCCCCCCCCCC(=O)NC(COC1OC(CO)C(OC2OC(CO)C(O)C(O)C2O)C(O)C1O)C(O)/C=C/CC/C=C/CC/C=C/CCCCCCCCCCCC. The summed E-state index contributed by atoms with van der Waals surface area (Å²) in [5.74, 6) is -0.250. The van der Waals surface area contributed by atoms with Crippen LogP contribution in [-0.4, -0.2) is 140 Å². The summed E-state index contributed by atoms with van der Waals surface area (Å²) in [4.78, 5) is 13.3. The topological polar surface area (TPSA) is 228 Å². The van der Waals surface area contributed by atoms with Crippen LogP contribution in [-0.2, 0) is 23.7 Å². The third-order valence-corrected chi connectivity index (χ3v) is 18.1. The first-order chi connectivity index (χ1) is 44.6. The van der Waals surface area contributed by atoms with E-state index in [2.05, 4.69) is 79.9 Å². The van der Waals surface area contributed by atoms with Gasteiger partial charge in [0.1, 0.15) is 48.8 Å². The van der Waals surface area contributed by atoms with E-state index in [9.17, 15) is 45.6 Å². The van der Waals surface area contributed by atoms with E-state index >= 15 is 0 Å². The zero-order valence-corrected chi connectivity index (χ0v) is 57.8. The summed E-state index contributed by atoms with van der Waals surface area (Å²) in [6.45, 7) is 2.79. The molecule has 2 heterocycles. The fourth-order valence-electron chi connectivity index (χ4n) is 12.1. The van der Waals surface area contributed by atoms with Crippen molar-refractivity contribution in [2.75, 3.05) is 19.8 Å². The van der Waals surface area contributed by atoms with Crippen LogP contribution in [0.1, 0.15) is 316 Å². The van der Waals surface area contributed by atoms with Crippen molar-refractivity contribution >= 4 is 5.91 Å². The van der Waals surface area contributed by atoms with Crippen molar-refractivity contribution in [1.82, 2.24) is 5.32 Å². The van der Waals surface area contributed by atoms with E-state index in [-0.39, 0.29) is 18.9 Å². The second kappa shape index (κ2) is 61.1. The molecule has 0 aromatic heterocycles. The van der Waals surface area contributed by atoms with Crippen molar-refractivity contribution in [2.45, 2.75) is 389 Å². The molecule has 0 saturated carbocycles. The van der Waals surface area contributed by atoms with Gasteiger partial charge in [0.2, 0.25) is 5.91 Å². The maximum absolute atomic E-state index is 13.3. The standard InChI is InChI=1S/C77H139NO13/c1-3-5-7-9-11-13-15-17-19-21-23-25-26-27-28-29-30-31-32-33-34-35-36-37-38-39-40-41-43-45-47-49-51-53-55-57-59-61-69(82)78-65(66(81)60-58-56-54-52-50-48-46-44-42-24-22-20-18-16-14-12-10-8-6-4-2)64-88-76-74(87)72(85)75(68(63-80)90-76)91-77-73(86)71(84)70(83)67(62-79)89-77/h15,17,21,23,26-27,42,44,50,52,58,60,65-68,70-77,79-81,83-87H,3-14,16,18-20,22,24-25,28-41,43,45-49,51,53-57,59,61-64H2,1-2H3,(H,78,82)/b17-15-,23-21-,27-26-,44-42+,52-50+,60-58+. The summed E-state index contributed by atoms with van der Waals surface area (Å²) in [5, 5.41) is 87.4. The number of carbonyl (C=O) groups excluding carboxylic acids is 1. The Labute approximate surface area is 555 Å². The van der Waals surface area contributed by atoms with Crippen LogP contribution in [0.25, 0.3) is 0 Å². The summed E-state index contributed by atoms with van der Waals surface area (Å²) >= 11 is 0. The maximum Gasteiger partial charge on any atom is 0.220 e. The molecule has 14 heteroatoms. The normalized spacial score (nSPS) is 23.2. The monoisotopic (exact) mass is 1290 g/mol. The summed E-state index contributed by atoms with van der Waals surface area (Å²) in [6.07, 6.45) is 66.9. The summed E-state index contributed by atoms with van der Waals surface area (Å²) in [6, 6.07) is -0.940. The van der Waals surface area contributed by atoms with Gasteiger partial charge in [-0.3, -0.25) is 4.79 Å². The van der Waals surface area contributed by atoms with Crippen molar-refractivity contribution in [2.24, 2.45) is 0 Å². The van der Waals surface area contributed by atoms with Crippen LogP contribution in [0.2, 0.25) is 0 Å². The van der Waals surface area contributed by atoms with Crippen molar-refractivity contribution < 1.29 is 64.6 Å². The second-order valence-electron chi connectivity index (χ2n) is 26.4. The van der Waals surface area contributed by atoms with Gasteiger partial charge < -0.3 is 65.1 Å². The van der Waals surface area contributed by atoms with Crippen LogP contribution in [0, 0.1) is 0 Å². The minimum Gasteiger partial charge on any atom is -0.394 e. The average molecular weight is 1290 g/mol. The average Bonchev–Trinajstić information content (AvgIpc) is 1.04. The largest absolute Gasteiger partial charge is 0.394 e. The van der Waals surface area contributed by atoms with Gasteiger partial charge in [0.05, 0.1) is 32.0 Å². The Balaban J connectivity index is 1.61. The van der Waals surface area contributed by atoms with Gasteiger partial charge in [-0.2, -0.15) is 0 Å². The first-order valence-corrected chi connectivity index (χ1v) is 37.7. The van der Waals surface area contributed by atoms with Crippen LogP contribution in [0.5, 0.6) is 0 Å².